The molecule has 0 saturated carbocycles. The van der Waals surface area contributed by atoms with E-state index in [1.54, 1.807) is 0 Å². The lowest BCUT2D eigenvalue weighted by Crippen LogP contribution is -2.30. The molecule has 0 N–H and O–H groups in total. The molecule has 0 aromatic carbocycles. The van der Waals surface area contributed by atoms with Gasteiger partial charge in [-0.1, -0.05) is 214 Å². The number of ether oxygens (including phenoxy) is 3. The molecule has 1 atom stereocenters. The highest BCUT2D eigenvalue weighted by Gasteiger charge is 2.19. The summed E-state index contributed by atoms with van der Waals surface area (Å²) >= 11 is 0. The average Bonchev–Trinajstić information content (AvgIpc) is 3.28. The molecule has 0 rings (SSSR count). The van der Waals surface area contributed by atoms with Gasteiger partial charge in [0.15, 0.2) is 6.10 Å². The van der Waals surface area contributed by atoms with Gasteiger partial charge in [0.25, 0.3) is 0 Å². The maximum Gasteiger partial charge on any atom is 0.306 e. The highest BCUT2D eigenvalue weighted by atomic mass is 16.6. The van der Waals surface area contributed by atoms with Crippen LogP contribution in [0.2, 0.25) is 0 Å². The monoisotopic (exact) mass is 873 g/mol. The average molecular weight is 873 g/mol. The fourth-order valence-electron chi connectivity index (χ4n) is 6.59. The zero-order chi connectivity index (χ0) is 45.8. The van der Waals surface area contributed by atoms with E-state index in [1.165, 1.54) is 77.0 Å². The number of allylic oxidation sites excluding steroid dienone is 18. The molecule has 6 nitrogen and oxygen atoms in total. The first kappa shape index (κ1) is 59.1. The van der Waals surface area contributed by atoms with Crippen LogP contribution in [-0.4, -0.2) is 37.2 Å². The third-order valence-corrected chi connectivity index (χ3v) is 10.4. The standard InChI is InChI=1S/C57H92O6/c1-4-7-10-13-16-19-22-25-26-27-28-29-30-33-35-38-41-44-47-50-56(59)62-53-54(63-57(60)51-48-45-42-39-36-32-24-21-18-15-12-9-6-3)52-61-55(58)49-46-43-40-37-34-31-23-20-17-14-11-8-5-2/h7,10,13,16,19,22,25-36,54H,4-6,8-9,11-12,14-15,17-18,20-21,23-24,37-53H2,1-3H3/b10-7-,16-13-,22-19-,26-25-,28-27+,30-29-,34-31-,35-33-,36-32-. The van der Waals surface area contributed by atoms with Crippen LogP contribution in [0, 0.1) is 0 Å². The van der Waals surface area contributed by atoms with E-state index in [2.05, 4.69) is 57.2 Å². The smallest absolute Gasteiger partial charge is 0.306 e. The van der Waals surface area contributed by atoms with Crippen LogP contribution in [0.3, 0.4) is 0 Å². The normalized spacial score (nSPS) is 13.0. The van der Waals surface area contributed by atoms with E-state index in [0.717, 1.165) is 96.3 Å². The maximum atomic E-state index is 12.8. The number of carbonyl (C=O) groups is 3. The summed E-state index contributed by atoms with van der Waals surface area (Å²) in [5, 5.41) is 0. The molecule has 0 amide bonds. The first-order valence-corrected chi connectivity index (χ1v) is 25.5. The van der Waals surface area contributed by atoms with Gasteiger partial charge in [0.05, 0.1) is 0 Å². The number of hydrogen-bond donors (Lipinski definition) is 0. The number of hydrogen-bond acceptors (Lipinski definition) is 6. The Morgan fingerprint density at radius 3 is 1.02 bits per heavy atom. The Labute approximate surface area is 387 Å². The van der Waals surface area contributed by atoms with Crippen LogP contribution in [-0.2, 0) is 28.6 Å². The Morgan fingerprint density at radius 2 is 0.635 bits per heavy atom. The van der Waals surface area contributed by atoms with E-state index in [9.17, 15) is 14.4 Å². The summed E-state index contributed by atoms with van der Waals surface area (Å²) < 4.78 is 16.7. The fraction of sp³-hybridized carbons (Fsp3) is 0.632. The van der Waals surface area contributed by atoms with Crippen molar-refractivity contribution >= 4 is 17.9 Å². The van der Waals surface area contributed by atoms with Crippen LogP contribution in [0.4, 0.5) is 0 Å². The minimum atomic E-state index is -0.812. The van der Waals surface area contributed by atoms with Crippen LogP contribution in [0.5, 0.6) is 0 Å². The van der Waals surface area contributed by atoms with E-state index in [0.29, 0.717) is 19.3 Å². The van der Waals surface area contributed by atoms with E-state index >= 15 is 0 Å². The van der Waals surface area contributed by atoms with Gasteiger partial charge in [0, 0.05) is 19.3 Å². The van der Waals surface area contributed by atoms with Crippen molar-refractivity contribution in [3.63, 3.8) is 0 Å². The summed E-state index contributed by atoms with van der Waals surface area (Å²) in [5.74, 6) is -0.992. The van der Waals surface area contributed by atoms with E-state index < -0.39 is 6.10 Å². The summed E-state index contributed by atoms with van der Waals surface area (Å²) in [6, 6.07) is 0. The van der Waals surface area contributed by atoms with Crippen molar-refractivity contribution in [1.82, 2.24) is 0 Å². The predicted octanol–water partition coefficient (Wildman–Crippen LogP) is 16.8. The van der Waals surface area contributed by atoms with Gasteiger partial charge in [0.2, 0.25) is 0 Å². The molecule has 0 aliphatic heterocycles. The third kappa shape index (κ3) is 49.0. The molecule has 0 bridgehead atoms. The maximum absolute atomic E-state index is 12.8. The lowest BCUT2D eigenvalue weighted by atomic mass is 10.1. The summed E-state index contributed by atoms with van der Waals surface area (Å²) in [6.07, 6.45) is 67.8. The van der Waals surface area contributed by atoms with Crippen molar-refractivity contribution < 1.29 is 28.6 Å². The molecule has 0 radical (unpaired) electrons. The molecular formula is C57H92O6. The van der Waals surface area contributed by atoms with Gasteiger partial charge in [-0.3, -0.25) is 14.4 Å². The summed E-state index contributed by atoms with van der Waals surface area (Å²) in [4.78, 5) is 37.9. The minimum Gasteiger partial charge on any atom is -0.462 e. The second-order valence-electron chi connectivity index (χ2n) is 16.5. The van der Waals surface area contributed by atoms with Gasteiger partial charge in [0.1, 0.15) is 13.2 Å². The van der Waals surface area contributed by atoms with Crippen molar-refractivity contribution in [1.29, 1.82) is 0 Å². The van der Waals surface area contributed by atoms with E-state index in [1.807, 2.05) is 72.9 Å². The van der Waals surface area contributed by atoms with E-state index in [4.69, 9.17) is 14.2 Å². The Balaban J connectivity index is 4.54. The number of unbranched alkanes of at least 4 members (excludes halogenated alkanes) is 21. The molecule has 63 heavy (non-hydrogen) atoms. The largest absolute Gasteiger partial charge is 0.462 e. The van der Waals surface area contributed by atoms with Crippen molar-refractivity contribution in [2.75, 3.05) is 13.2 Å². The van der Waals surface area contributed by atoms with Crippen molar-refractivity contribution in [3.05, 3.63) is 109 Å². The fourth-order valence-corrected chi connectivity index (χ4v) is 6.59. The van der Waals surface area contributed by atoms with Gasteiger partial charge in [-0.15, -0.1) is 0 Å². The molecule has 356 valence electrons. The Hall–Kier alpha value is -3.93. The number of carbonyl (C=O) groups excluding carboxylic acids is 3. The first-order chi connectivity index (χ1) is 31.0. The molecule has 0 saturated heterocycles. The molecule has 0 heterocycles. The summed E-state index contributed by atoms with van der Waals surface area (Å²) in [6.45, 7) is 6.39. The highest BCUT2D eigenvalue weighted by Crippen LogP contribution is 2.12. The highest BCUT2D eigenvalue weighted by molar-refractivity contribution is 5.71. The molecule has 6 heteroatoms. The molecule has 0 aromatic rings. The van der Waals surface area contributed by atoms with Crippen LogP contribution >= 0.6 is 0 Å². The van der Waals surface area contributed by atoms with Crippen LogP contribution in [0.15, 0.2) is 109 Å². The quantitative estimate of drug-likeness (QED) is 0.0199. The van der Waals surface area contributed by atoms with E-state index in [-0.39, 0.29) is 31.1 Å². The zero-order valence-electron chi connectivity index (χ0n) is 40.5. The van der Waals surface area contributed by atoms with Gasteiger partial charge < -0.3 is 14.2 Å². The topological polar surface area (TPSA) is 78.9 Å². The molecule has 0 aliphatic rings. The molecule has 0 fully saturated rings. The number of rotatable bonds is 44. The Kier molecular flexibility index (Phi) is 47.5. The van der Waals surface area contributed by atoms with Crippen LogP contribution in [0.25, 0.3) is 0 Å². The lowest BCUT2D eigenvalue weighted by Gasteiger charge is -2.18. The SMILES string of the molecule is CC\C=C/C=C\C=C/C=C\C=C\C=C/C=C\CCCCCC(=O)OCC(COC(=O)CCCCC/C=C\CCCCCCCC)OC(=O)CCCCC/C=C\CCCCCCCC. The van der Waals surface area contributed by atoms with Crippen LogP contribution in [0.1, 0.15) is 213 Å². The van der Waals surface area contributed by atoms with Gasteiger partial charge in [-0.05, 0) is 89.9 Å². The van der Waals surface area contributed by atoms with Gasteiger partial charge in [-0.25, -0.2) is 0 Å². The molecule has 0 spiro atoms. The van der Waals surface area contributed by atoms with Gasteiger partial charge in [-0.2, -0.15) is 0 Å². The summed E-state index contributed by atoms with van der Waals surface area (Å²) in [5.41, 5.74) is 0. The Morgan fingerprint density at radius 1 is 0.333 bits per heavy atom. The predicted molar refractivity (Wildman–Crippen MR) is 270 cm³/mol. The van der Waals surface area contributed by atoms with Crippen LogP contribution < -0.4 is 0 Å². The first-order valence-electron chi connectivity index (χ1n) is 25.5. The number of esters is 3. The molecule has 0 aromatic heterocycles. The second-order valence-corrected chi connectivity index (χ2v) is 16.5. The van der Waals surface area contributed by atoms with Crippen molar-refractivity contribution in [2.45, 2.75) is 219 Å². The second kappa shape index (κ2) is 50.7. The van der Waals surface area contributed by atoms with Gasteiger partial charge >= 0.3 is 17.9 Å². The zero-order valence-corrected chi connectivity index (χ0v) is 40.5. The minimum absolute atomic E-state index is 0.109. The van der Waals surface area contributed by atoms with Crippen molar-refractivity contribution in [2.24, 2.45) is 0 Å². The van der Waals surface area contributed by atoms with Crippen molar-refractivity contribution in [3.8, 4) is 0 Å². The molecule has 1 unspecified atom stereocenters. The molecule has 0 aliphatic carbocycles. The third-order valence-electron chi connectivity index (χ3n) is 10.4. The summed E-state index contributed by atoms with van der Waals surface area (Å²) in [7, 11) is 0. The molecular weight excluding hydrogens is 781 g/mol. The Bertz CT molecular complexity index is 1330. The lowest BCUT2D eigenvalue weighted by molar-refractivity contribution is -0.167.